The fourth-order valence-electron chi connectivity index (χ4n) is 4.41. The van der Waals surface area contributed by atoms with Gasteiger partial charge in [0.2, 0.25) is 0 Å². The van der Waals surface area contributed by atoms with Gasteiger partial charge in [0.1, 0.15) is 5.76 Å². The van der Waals surface area contributed by atoms with E-state index in [9.17, 15) is 0 Å². The van der Waals surface area contributed by atoms with E-state index in [0.717, 1.165) is 36.4 Å². The van der Waals surface area contributed by atoms with Crippen LogP contribution in [-0.2, 0) is 6.42 Å². The summed E-state index contributed by atoms with van der Waals surface area (Å²) in [5.41, 5.74) is 2.19. The molecule has 1 saturated heterocycles. The third kappa shape index (κ3) is 5.00. The zero-order valence-corrected chi connectivity index (χ0v) is 16.7. The van der Waals surface area contributed by atoms with Crippen LogP contribution in [-0.4, -0.2) is 54.8 Å². The highest BCUT2D eigenvalue weighted by Gasteiger charge is 2.26. The highest BCUT2D eigenvalue weighted by Crippen LogP contribution is 2.25. The molecule has 1 saturated carbocycles. The molecule has 0 radical (unpaired) electrons. The second-order valence-corrected chi connectivity index (χ2v) is 7.80. The minimum Gasteiger partial charge on any atom is -0.361 e. The molecule has 1 aliphatic carbocycles. The number of piperidine rings is 1. The summed E-state index contributed by atoms with van der Waals surface area (Å²) in [5, 5.41) is 11.1. The lowest BCUT2D eigenvalue weighted by molar-refractivity contribution is 0.119. The van der Waals surface area contributed by atoms with Crippen LogP contribution in [0.3, 0.4) is 0 Å². The maximum atomic E-state index is 5.23. The normalized spacial score (nSPS) is 21.1. The number of aromatic nitrogens is 1. The van der Waals surface area contributed by atoms with Gasteiger partial charge in [0.05, 0.1) is 5.69 Å². The zero-order valence-electron chi connectivity index (χ0n) is 16.7. The molecule has 6 heteroatoms. The van der Waals surface area contributed by atoms with Gasteiger partial charge in [0.15, 0.2) is 5.96 Å². The first-order valence-electron chi connectivity index (χ1n) is 10.3. The number of aryl methyl sites for hydroxylation is 2. The molecule has 26 heavy (non-hydrogen) atoms. The molecule has 1 aliphatic heterocycles. The van der Waals surface area contributed by atoms with Crippen LogP contribution in [0, 0.1) is 13.8 Å². The first-order valence-corrected chi connectivity index (χ1v) is 10.3. The van der Waals surface area contributed by atoms with E-state index >= 15 is 0 Å². The molecule has 0 atom stereocenters. The number of aliphatic imine (C=N–C) groups is 1. The maximum absolute atomic E-state index is 5.23. The first-order chi connectivity index (χ1) is 12.7. The van der Waals surface area contributed by atoms with E-state index < -0.39 is 0 Å². The highest BCUT2D eigenvalue weighted by molar-refractivity contribution is 5.79. The molecule has 0 aromatic carbocycles. The molecule has 1 aromatic heterocycles. The van der Waals surface area contributed by atoms with Crippen molar-refractivity contribution >= 4 is 5.96 Å². The van der Waals surface area contributed by atoms with Gasteiger partial charge in [-0.25, -0.2) is 0 Å². The number of nitrogens with zero attached hydrogens (tertiary/aromatic N) is 3. The van der Waals surface area contributed by atoms with E-state index in [-0.39, 0.29) is 0 Å². The summed E-state index contributed by atoms with van der Waals surface area (Å²) in [4.78, 5) is 7.12. The number of guanidine groups is 1. The molecule has 0 unspecified atom stereocenters. The topological polar surface area (TPSA) is 65.7 Å². The van der Waals surface area contributed by atoms with Gasteiger partial charge in [0, 0.05) is 44.3 Å². The van der Waals surface area contributed by atoms with E-state index in [4.69, 9.17) is 4.52 Å². The Labute approximate surface area is 157 Å². The molecule has 2 N–H and O–H groups in total. The van der Waals surface area contributed by atoms with E-state index in [2.05, 4.69) is 25.7 Å². The van der Waals surface area contributed by atoms with Crippen molar-refractivity contribution in [3.8, 4) is 0 Å². The molecule has 2 fully saturated rings. The van der Waals surface area contributed by atoms with Crippen molar-refractivity contribution in [3.05, 3.63) is 17.0 Å². The molecule has 1 aromatic rings. The van der Waals surface area contributed by atoms with Crippen LogP contribution in [0.4, 0.5) is 0 Å². The van der Waals surface area contributed by atoms with E-state index in [1.807, 2.05) is 20.9 Å². The SMILES string of the molecule is CN=C(NCCc1c(C)noc1C)NC1CCN(C2CCCCC2)CC1. The Bertz CT molecular complexity index is 564. The van der Waals surface area contributed by atoms with Crippen molar-refractivity contribution in [3.63, 3.8) is 0 Å². The third-order valence-electron chi connectivity index (χ3n) is 6.03. The van der Waals surface area contributed by atoms with Gasteiger partial charge in [0.25, 0.3) is 0 Å². The van der Waals surface area contributed by atoms with Crippen molar-refractivity contribution in [2.75, 3.05) is 26.7 Å². The smallest absolute Gasteiger partial charge is 0.191 e. The summed E-state index contributed by atoms with van der Waals surface area (Å²) in [6.07, 6.45) is 10.4. The Morgan fingerprint density at radius 1 is 1.15 bits per heavy atom. The lowest BCUT2D eigenvalue weighted by Gasteiger charge is -2.39. The molecule has 2 heterocycles. The van der Waals surface area contributed by atoms with Gasteiger partial charge in [-0.3, -0.25) is 4.99 Å². The van der Waals surface area contributed by atoms with Gasteiger partial charge in [-0.15, -0.1) is 0 Å². The number of nitrogens with one attached hydrogen (secondary N) is 2. The fraction of sp³-hybridized carbons (Fsp3) is 0.800. The van der Waals surface area contributed by atoms with Crippen LogP contribution in [0.25, 0.3) is 0 Å². The Morgan fingerprint density at radius 3 is 2.50 bits per heavy atom. The van der Waals surface area contributed by atoms with Crippen molar-refractivity contribution in [1.82, 2.24) is 20.7 Å². The quantitative estimate of drug-likeness (QED) is 0.624. The van der Waals surface area contributed by atoms with Gasteiger partial charge < -0.3 is 20.1 Å². The molecular weight excluding hydrogens is 326 g/mol. The van der Waals surface area contributed by atoms with Crippen LogP contribution < -0.4 is 10.6 Å². The number of likely N-dealkylation sites (tertiary alicyclic amines) is 1. The lowest BCUT2D eigenvalue weighted by Crippen LogP contribution is -2.51. The summed E-state index contributed by atoms with van der Waals surface area (Å²) in [6.45, 7) is 7.25. The standard InChI is InChI=1S/C20H35N5O/c1-15-19(16(2)26-24-15)9-12-22-20(21-3)23-17-10-13-25(14-11-17)18-7-5-4-6-8-18/h17-18H,4-14H2,1-3H3,(H2,21,22,23). The van der Waals surface area contributed by atoms with Crippen molar-refractivity contribution in [2.24, 2.45) is 4.99 Å². The molecule has 0 bridgehead atoms. The lowest BCUT2D eigenvalue weighted by atomic mass is 9.92. The van der Waals surface area contributed by atoms with Crippen LogP contribution in [0.1, 0.15) is 62.0 Å². The molecule has 2 aliphatic rings. The van der Waals surface area contributed by atoms with Gasteiger partial charge in [-0.05, 0) is 46.0 Å². The van der Waals surface area contributed by atoms with E-state index in [0.29, 0.717) is 6.04 Å². The predicted molar refractivity (Wildman–Crippen MR) is 106 cm³/mol. The maximum Gasteiger partial charge on any atom is 0.191 e. The van der Waals surface area contributed by atoms with Gasteiger partial charge >= 0.3 is 0 Å². The fourth-order valence-corrected chi connectivity index (χ4v) is 4.41. The minimum atomic E-state index is 0.528. The molecule has 6 nitrogen and oxygen atoms in total. The van der Waals surface area contributed by atoms with E-state index in [1.54, 1.807) is 0 Å². The minimum absolute atomic E-state index is 0.528. The number of hydrogen-bond donors (Lipinski definition) is 2. The molecular formula is C20H35N5O. The van der Waals surface area contributed by atoms with Gasteiger partial charge in [-0.1, -0.05) is 24.4 Å². The monoisotopic (exact) mass is 361 g/mol. The average Bonchev–Trinajstić information content (AvgIpc) is 3.00. The molecule has 0 amide bonds. The van der Waals surface area contributed by atoms with Gasteiger partial charge in [-0.2, -0.15) is 0 Å². The molecule has 0 spiro atoms. The van der Waals surface area contributed by atoms with Crippen LogP contribution in [0.15, 0.2) is 9.52 Å². The second-order valence-electron chi connectivity index (χ2n) is 7.80. The number of rotatable bonds is 5. The Morgan fingerprint density at radius 2 is 1.88 bits per heavy atom. The summed E-state index contributed by atoms with van der Waals surface area (Å²) in [7, 11) is 1.85. The summed E-state index contributed by atoms with van der Waals surface area (Å²) in [6, 6.07) is 1.37. The predicted octanol–water partition coefficient (Wildman–Crippen LogP) is 2.80. The van der Waals surface area contributed by atoms with Crippen LogP contribution in [0.2, 0.25) is 0 Å². The molecule has 3 rings (SSSR count). The first kappa shape index (κ1) is 19.2. The molecule has 146 valence electrons. The van der Waals surface area contributed by atoms with Crippen molar-refractivity contribution in [1.29, 1.82) is 0 Å². The second kappa shape index (κ2) is 9.40. The van der Waals surface area contributed by atoms with Crippen LogP contribution in [0.5, 0.6) is 0 Å². The van der Waals surface area contributed by atoms with Crippen molar-refractivity contribution < 1.29 is 4.52 Å². The highest BCUT2D eigenvalue weighted by atomic mass is 16.5. The largest absolute Gasteiger partial charge is 0.361 e. The average molecular weight is 362 g/mol. The Balaban J connectivity index is 1.39. The Kier molecular flexibility index (Phi) is 6.94. The van der Waals surface area contributed by atoms with Crippen molar-refractivity contribution in [2.45, 2.75) is 77.3 Å². The third-order valence-corrected chi connectivity index (χ3v) is 6.03. The zero-order chi connectivity index (χ0) is 18.4. The summed E-state index contributed by atoms with van der Waals surface area (Å²) in [5.74, 6) is 1.83. The summed E-state index contributed by atoms with van der Waals surface area (Å²) >= 11 is 0. The Hall–Kier alpha value is -1.56. The van der Waals surface area contributed by atoms with Crippen LogP contribution >= 0.6 is 0 Å². The van der Waals surface area contributed by atoms with E-state index in [1.165, 1.54) is 63.6 Å². The number of hydrogen-bond acceptors (Lipinski definition) is 4. The summed E-state index contributed by atoms with van der Waals surface area (Å²) < 4.78 is 5.23.